The zero-order chi connectivity index (χ0) is 18.8. The van der Waals surface area contributed by atoms with Gasteiger partial charge in [-0.2, -0.15) is 0 Å². The number of carbonyl (C=O) groups excluding carboxylic acids is 1. The lowest BCUT2D eigenvalue weighted by Crippen LogP contribution is -2.42. The number of benzene rings is 1. The predicted octanol–water partition coefficient (Wildman–Crippen LogP) is 2.75. The minimum Gasteiger partial charge on any atom is -0.419 e. The van der Waals surface area contributed by atoms with Gasteiger partial charge in [0, 0.05) is 30.4 Å². The summed E-state index contributed by atoms with van der Waals surface area (Å²) in [6.07, 6.45) is 0.736. The van der Waals surface area contributed by atoms with Crippen molar-refractivity contribution < 1.29 is 13.9 Å². The van der Waals surface area contributed by atoms with Crippen LogP contribution in [0.1, 0.15) is 19.7 Å². The molecular formula is C20H24N4O3. The molecule has 4 rings (SSSR count). The summed E-state index contributed by atoms with van der Waals surface area (Å²) in [5.74, 6) is 1.59. The molecule has 0 radical (unpaired) electrons. The first-order valence-corrected chi connectivity index (χ1v) is 9.38. The standard InChI is InChI=1S/C20H24N4O3/c1-14(2)11-18-21-22-20(27-18)17-12-15-5-3-4-6-16(15)24(17)13-19(25)23-7-9-26-10-8-23/h3-6,12,14H,7-11,13H2,1-2H3. The van der Waals surface area contributed by atoms with Gasteiger partial charge in [0.2, 0.25) is 11.8 Å². The van der Waals surface area contributed by atoms with Gasteiger partial charge in [-0.3, -0.25) is 4.79 Å². The highest BCUT2D eigenvalue weighted by atomic mass is 16.5. The molecule has 1 aliphatic heterocycles. The molecule has 3 aromatic rings. The molecule has 0 atom stereocenters. The Morgan fingerprint density at radius 3 is 2.74 bits per heavy atom. The van der Waals surface area contributed by atoms with Crippen molar-refractivity contribution in [3.8, 4) is 11.6 Å². The summed E-state index contributed by atoms with van der Waals surface area (Å²) < 4.78 is 13.2. The van der Waals surface area contributed by atoms with E-state index in [9.17, 15) is 4.79 Å². The summed E-state index contributed by atoms with van der Waals surface area (Å²) >= 11 is 0. The fourth-order valence-electron chi connectivity index (χ4n) is 3.39. The Balaban J connectivity index is 1.69. The molecule has 3 heterocycles. The quantitative estimate of drug-likeness (QED) is 0.692. The normalized spacial score (nSPS) is 15.0. The maximum Gasteiger partial charge on any atom is 0.264 e. The van der Waals surface area contributed by atoms with Crippen molar-refractivity contribution in [2.75, 3.05) is 26.3 Å². The number of aromatic nitrogens is 3. The first-order chi connectivity index (χ1) is 13.1. The summed E-state index contributed by atoms with van der Waals surface area (Å²) in [4.78, 5) is 14.7. The fourth-order valence-corrected chi connectivity index (χ4v) is 3.39. The third-order valence-electron chi connectivity index (χ3n) is 4.74. The van der Waals surface area contributed by atoms with Crippen LogP contribution in [-0.2, 0) is 22.5 Å². The van der Waals surface area contributed by atoms with E-state index in [1.807, 2.05) is 39.8 Å². The minimum atomic E-state index is 0.0721. The van der Waals surface area contributed by atoms with Crippen molar-refractivity contribution in [1.82, 2.24) is 19.7 Å². The third kappa shape index (κ3) is 3.73. The van der Waals surface area contributed by atoms with E-state index in [1.165, 1.54) is 0 Å². The van der Waals surface area contributed by atoms with Crippen molar-refractivity contribution in [2.24, 2.45) is 5.92 Å². The summed E-state index contributed by atoms with van der Waals surface area (Å²) in [6, 6.07) is 10.0. The van der Waals surface area contributed by atoms with Gasteiger partial charge in [-0.1, -0.05) is 32.0 Å². The fraction of sp³-hybridized carbons (Fsp3) is 0.450. The van der Waals surface area contributed by atoms with E-state index in [4.69, 9.17) is 9.15 Å². The van der Waals surface area contributed by atoms with Gasteiger partial charge in [0.05, 0.1) is 13.2 Å². The highest BCUT2D eigenvalue weighted by molar-refractivity contribution is 5.88. The molecule has 0 spiro atoms. The lowest BCUT2D eigenvalue weighted by Gasteiger charge is -2.27. The topological polar surface area (TPSA) is 73.4 Å². The van der Waals surface area contributed by atoms with Crippen LogP contribution in [0.4, 0.5) is 0 Å². The van der Waals surface area contributed by atoms with Crippen molar-refractivity contribution in [1.29, 1.82) is 0 Å². The molecule has 2 aromatic heterocycles. The number of carbonyl (C=O) groups is 1. The number of ether oxygens (including phenoxy) is 1. The number of nitrogens with zero attached hydrogens (tertiary/aromatic N) is 4. The first-order valence-electron chi connectivity index (χ1n) is 9.38. The lowest BCUT2D eigenvalue weighted by atomic mass is 10.1. The Bertz CT molecular complexity index is 938. The zero-order valence-corrected chi connectivity index (χ0v) is 15.7. The SMILES string of the molecule is CC(C)Cc1nnc(-c2cc3ccccc3n2CC(=O)N2CCOCC2)o1. The Morgan fingerprint density at radius 1 is 1.19 bits per heavy atom. The van der Waals surface area contributed by atoms with E-state index in [2.05, 4.69) is 24.0 Å². The monoisotopic (exact) mass is 368 g/mol. The van der Waals surface area contributed by atoms with E-state index >= 15 is 0 Å². The average Bonchev–Trinajstić information content (AvgIpc) is 3.27. The molecule has 142 valence electrons. The van der Waals surface area contributed by atoms with E-state index in [0.29, 0.717) is 44.0 Å². The van der Waals surface area contributed by atoms with Crippen LogP contribution in [0.15, 0.2) is 34.7 Å². The highest BCUT2D eigenvalue weighted by Crippen LogP contribution is 2.28. The van der Waals surface area contributed by atoms with E-state index in [0.717, 1.165) is 23.0 Å². The van der Waals surface area contributed by atoms with Gasteiger partial charge in [0.15, 0.2) is 0 Å². The maximum atomic E-state index is 12.8. The molecule has 0 saturated carbocycles. The number of fused-ring (bicyclic) bond motifs is 1. The second-order valence-electron chi connectivity index (χ2n) is 7.27. The molecule has 1 saturated heterocycles. The van der Waals surface area contributed by atoms with Gasteiger partial charge >= 0.3 is 0 Å². The predicted molar refractivity (Wildman–Crippen MR) is 101 cm³/mol. The molecule has 1 aromatic carbocycles. The number of hydrogen-bond acceptors (Lipinski definition) is 5. The Morgan fingerprint density at radius 2 is 1.96 bits per heavy atom. The van der Waals surface area contributed by atoms with E-state index in [-0.39, 0.29) is 12.5 Å². The first kappa shape index (κ1) is 17.7. The molecular weight excluding hydrogens is 344 g/mol. The van der Waals surface area contributed by atoms with E-state index in [1.54, 1.807) is 0 Å². The van der Waals surface area contributed by atoms with Gasteiger partial charge in [0.25, 0.3) is 5.89 Å². The van der Waals surface area contributed by atoms with E-state index < -0.39 is 0 Å². The summed E-state index contributed by atoms with van der Waals surface area (Å²) in [5, 5.41) is 9.45. The maximum absolute atomic E-state index is 12.8. The lowest BCUT2D eigenvalue weighted by molar-refractivity contribution is -0.135. The smallest absolute Gasteiger partial charge is 0.264 e. The second kappa shape index (κ2) is 7.52. The molecule has 1 fully saturated rings. The molecule has 1 amide bonds. The van der Waals surface area contributed by atoms with Crippen LogP contribution in [0.5, 0.6) is 0 Å². The summed E-state index contributed by atoms with van der Waals surface area (Å²) in [7, 11) is 0. The van der Waals surface area contributed by atoms with Gasteiger partial charge < -0.3 is 18.6 Å². The average molecular weight is 368 g/mol. The van der Waals surface area contributed by atoms with Crippen LogP contribution in [-0.4, -0.2) is 51.9 Å². The van der Waals surface area contributed by atoms with Crippen LogP contribution in [0.2, 0.25) is 0 Å². The number of amides is 1. The van der Waals surface area contributed by atoms with Crippen molar-refractivity contribution >= 4 is 16.8 Å². The number of para-hydroxylation sites is 1. The molecule has 0 N–H and O–H groups in total. The summed E-state index contributed by atoms with van der Waals surface area (Å²) in [6.45, 7) is 6.91. The molecule has 1 aliphatic rings. The molecule has 0 unspecified atom stereocenters. The highest BCUT2D eigenvalue weighted by Gasteiger charge is 2.22. The molecule has 7 nitrogen and oxygen atoms in total. The van der Waals surface area contributed by atoms with Gasteiger partial charge in [-0.25, -0.2) is 0 Å². The van der Waals surface area contributed by atoms with Crippen molar-refractivity contribution in [2.45, 2.75) is 26.8 Å². The van der Waals surface area contributed by atoms with Crippen LogP contribution >= 0.6 is 0 Å². The number of rotatable bonds is 5. The van der Waals surface area contributed by atoms with Crippen LogP contribution in [0.25, 0.3) is 22.5 Å². The van der Waals surface area contributed by atoms with Crippen LogP contribution < -0.4 is 0 Å². The zero-order valence-electron chi connectivity index (χ0n) is 15.7. The molecule has 0 aliphatic carbocycles. The van der Waals surface area contributed by atoms with Gasteiger partial charge in [-0.15, -0.1) is 10.2 Å². The molecule has 0 bridgehead atoms. The summed E-state index contributed by atoms with van der Waals surface area (Å²) in [5.41, 5.74) is 1.76. The second-order valence-corrected chi connectivity index (χ2v) is 7.27. The molecule has 27 heavy (non-hydrogen) atoms. The number of morpholine rings is 1. The van der Waals surface area contributed by atoms with Crippen LogP contribution in [0, 0.1) is 5.92 Å². The Labute approximate surface area is 157 Å². The third-order valence-corrected chi connectivity index (χ3v) is 4.74. The Hall–Kier alpha value is -2.67. The van der Waals surface area contributed by atoms with Gasteiger partial charge in [0.1, 0.15) is 12.2 Å². The minimum absolute atomic E-state index is 0.0721. The number of hydrogen-bond donors (Lipinski definition) is 0. The molecule has 7 heteroatoms. The largest absolute Gasteiger partial charge is 0.419 e. The van der Waals surface area contributed by atoms with Crippen molar-refractivity contribution in [3.05, 3.63) is 36.2 Å². The van der Waals surface area contributed by atoms with Gasteiger partial charge in [-0.05, 0) is 18.1 Å². The van der Waals surface area contributed by atoms with Crippen LogP contribution in [0.3, 0.4) is 0 Å². The Kier molecular flexibility index (Phi) is 4.94. The van der Waals surface area contributed by atoms with Crippen molar-refractivity contribution in [3.63, 3.8) is 0 Å².